The van der Waals surface area contributed by atoms with Gasteiger partial charge in [-0.05, 0) is 18.2 Å². The zero-order valence-electron chi connectivity index (χ0n) is 16.4. The van der Waals surface area contributed by atoms with Gasteiger partial charge in [-0.1, -0.05) is 11.6 Å². The van der Waals surface area contributed by atoms with Gasteiger partial charge in [0.25, 0.3) is 0 Å². The van der Waals surface area contributed by atoms with E-state index >= 15 is 4.39 Å². The number of aromatic carboxylic acids is 1. The van der Waals surface area contributed by atoms with Crippen LogP contribution in [-0.2, 0) is 10.9 Å². The van der Waals surface area contributed by atoms with E-state index in [0.717, 1.165) is 24.7 Å². The fourth-order valence-corrected chi connectivity index (χ4v) is 3.96. The number of halogens is 3. The maximum atomic E-state index is 15.6. The number of carboxylic acids is 1. The molecule has 4 aromatic rings. The molecule has 170 valence electrons. The first kappa shape index (κ1) is 22.4. The number of hydrogen-bond donors (Lipinski definition) is 2. The Kier molecular flexibility index (Phi) is 5.82. The van der Waals surface area contributed by atoms with Gasteiger partial charge in [0.15, 0.2) is 11.5 Å². The van der Waals surface area contributed by atoms with E-state index in [4.69, 9.17) is 21.4 Å². The summed E-state index contributed by atoms with van der Waals surface area (Å²) in [6, 6.07) is 2.99. The number of hydrogen-bond acceptors (Lipinski definition) is 7. The fraction of sp³-hybridized carbons (Fsp3) is 0.0526. The molecule has 3 heterocycles. The van der Waals surface area contributed by atoms with E-state index in [1.165, 1.54) is 30.0 Å². The van der Waals surface area contributed by atoms with Gasteiger partial charge in [-0.2, -0.15) is 0 Å². The largest absolute Gasteiger partial charge is 0.479 e. The maximum absolute atomic E-state index is 15.6. The van der Waals surface area contributed by atoms with Gasteiger partial charge in [0.2, 0.25) is 16.8 Å². The zero-order valence-corrected chi connectivity index (χ0v) is 18.1. The molecule has 33 heavy (non-hydrogen) atoms. The number of methoxy groups -OCH3 is 1. The van der Waals surface area contributed by atoms with Gasteiger partial charge in [0, 0.05) is 12.4 Å². The van der Waals surface area contributed by atoms with Crippen LogP contribution in [0.1, 0.15) is 10.5 Å². The lowest BCUT2D eigenvalue weighted by atomic mass is 10.1. The van der Waals surface area contributed by atoms with Crippen LogP contribution in [0, 0.1) is 11.6 Å². The molecule has 0 saturated heterocycles. The van der Waals surface area contributed by atoms with Gasteiger partial charge in [-0.15, -0.1) is 0 Å². The number of ether oxygens (including phenoxy) is 1. The van der Waals surface area contributed by atoms with E-state index < -0.39 is 39.7 Å². The molecule has 1 N–H and O–H groups in total. The monoisotopic (exact) mass is 495 g/mol. The summed E-state index contributed by atoms with van der Waals surface area (Å²) in [7, 11) is -2.26. The van der Waals surface area contributed by atoms with E-state index in [9.17, 15) is 17.6 Å². The van der Waals surface area contributed by atoms with Crippen molar-refractivity contribution in [3.8, 4) is 17.1 Å². The van der Waals surface area contributed by atoms with Gasteiger partial charge in [0.05, 0.1) is 40.8 Å². The standard InChI is InChI=1S/C19H12ClF2N5O5S/c1-32-18-13(4-9(20)5-24-18)27(33(30)31)12-3-2-10(21)15(16(12)22)11-7-26-8-25-17(19(28)29)14(26)6-23-11/h2-8,33H,1H3,(H,28,29). The van der Waals surface area contributed by atoms with Crippen molar-refractivity contribution in [3.05, 3.63) is 65.5 Å². The van der Waals surface area contributed by atoms with Crippen molar-refractivity contribution >= 4 is 45.4 Å². The molecule has 0 unspecified atom stereocenters. The number of imidazole rings is 1. The van der Waals surface area contributed by atoms with Gasteiger partial charge in [-0.3, -0.25) is 4.98 Å². The average Bonchev–Trinajstić information content (AvgIpc) is 3.19. The number of nitrogens with zero attached hydrogens (tertiary/aromatic N) is 5. The second-order valence-corrected chi connectivity index (χ2v) is 7.76. The van der Waals surface area contributed by atoms with Crippen LogP contribution in [0.15, 0.2) is 43.1 Å². The van der Waals surface area contributed by atoms with E-state index in [-0.39, 0.29) is 33.5 Å². The number of carbonyl (C=O) groups is 1. The lowest BCUT2D eigenvalue weighted by Gasteiger charge is -2.21. The summed E-state index contributed by atoms with van der Waals surface area (Å²) in [5, 5.41) is 9.21. The minimum absolute atomic E-state index is 0.0526. The van der Waals surface area contributed by atoms with Crippen LogP contribution < -0.4 is 9.04 Å². The van der Waals surface area contributed by atoms with Gasteiger partial charge in [0.1, 0.15) is 17.8 Å². The minimum Gasteiger partial charge on any atom is -0.479 e. The van der Waals surface area contributed by atoms with Crippen LogP contribution in [0.2, 0.25) is 5.02 Å². The second-order valence-electron chi connectivity index (χ2n) is 6.45. The molecule has 0 aliphatic carbocycles. The number of aromatic nitrogens is 4. The number of thiol groups is 1. The summed E-state index contributed by atoms with van der Waals surface area (Å²) >= 11 is 5.93. The van der Waals surface area contributed by atoms with Crippen LogP contribution >= 0.6 is 11.6 Å². The topological polar surface area (TPSA) is 127 Å². The molecule has 0 bridgehead atoms. The van der Waals surface area contributed by atoms with Gasteiger partial charge < -0.3 is 14.2 Å². The highest BCUT2D eigenvalue weighted by Gasteiger charge is 2.26. The van der Waals surface area contributed by atoms with E-state index in [0.29, 0.717) is 4.31 Å². The van der Waals surface area contributed by atoms with Crippen molar-refractivity contribution in [3.63, 3.8) is 0 Å². The Balaban J connectivity index is 1.92. The van der Waals surface area contributed by atoms with Crippen LogP contribution in [0.4, 0.5) is 20.2 Å². The normalized spacial score (nSPS) is 11.2. The third kappa shape index (κ3) is 3.91. The van der Waals surface area contributed by atoms with Gasteiger partial charge in [-0.25, -0.2) is 36.3 Å². The van der Waals surface area contributed by atoms with Crippen molar-refractivity contribution in [2.24, 2.45) is 0 Å². The molecule has 4 rings (SSSR count). The van der Waals surface area contributed by atoms with Crippen molar-refractivity contribution in [1.82, 2.24) is 19.4 Å². The molecule has 0 amide bonds. The predicted molar refractivity (Wildman–Crippen MR) is 114 cm³/mol. The Labute approximate surface area is 190 Å². The van der Waals surface area contributed by atoms with E-state index in [1.807, 2.05) is 0 Å². The summed E-state index contributed by atoms with van der Waals surface area (Å²) in [6.45, 7) is 0. The van der Waals surface area contributed by atoms with Crippen molar-refractivity contribution < 1.29 is 31.8 Å². The molecule has 1 aromatic carbocycles. The van der Waals surface area contributed by atoms with Crippen LogP contribution in [0.25, 0.3) is 16.8 Å². The van der Waals surface area contributed by atoms with Crippen LogP contribution in [0.5, 0.6) is 5.88 Å². The Morgan fingerprint density at radius 1 is 1.18 bits per heavy atom. The molecule has 0 saturated carbocycles. The van der Waals surface area contributed by atoms with Crippen molar-refractivity contribution in [1.29, 1.82) is 0 Å². The Bertz CT molecular complexity index is 1490. The third-order valence-electron chi connectivity index (χ3n) is 4.56. The lowest BCUT2D eigenvalue weighted by Crippen LogP contribution is -2.18. The first-order valence-corrected chi connectivity index (χ1v) is 10.4. The number of fused-ring (bicyclic) bond motifs is 1. The number of rotatable bonds is 6. The highest BCUT2D eigenvalue weighted by molar-refractivity contribution is 7.74. The second kappa shape index (κ2) is 8.60. The molecule has 0 atom stereocenters. The highest BCUT2D eigenvalue weighted by atomic mass is 35.5. The maximum Gasteiger partial charge on any atom is 0.356 e. The molecule has 0 aliphatic rings. The van der Waals surface area contributed by atoms with Crippen LogP contribution in [-0.4, -0.2) is 46.0 Å². The number of benzene rings is 1. The highest BCUT2D eigenvalue weighted by Crippen LogP contribution is 2.39. The van der Waals surface area contributed by atoms with Crippen molar-refractivity contribution in [2.75, 3.05) is 11.4 Å². The molecule has 3 aromatic heterocycles. The molecule has 14 heteroatoms. The summed E-state index contributed by atoms with van der Waals surface area (Å²) in [4.78, 5) is 22.8. The Morgan fingerprint density at radius 2 is 1.94 bits per heavy atom. The van der Waals surface area contributed by atoms with Crippen molar-refractivity contribution in [2.45, 2.75) is 0 Å². The quantitative estimate of drug-likeness (QED) is 0.391. The Hall–Kier alpha value is -3.84. The molecular weight excluding hydrogens is 484 g/mol. The van der Waals surface area contributed by atoms with E-state index in [1.54, 1.807) is 0 Å². The first-order chi connectivity index (χ1) is 15.7. The zero-order chi connectivity index (χ0) is 23.9. The molecule has 0 aliphatic heterocycles. The summed E-state index contributed by atoms with van der Waals surface area (Å²) in [5.41, 5.74) is -1.80. The summed E-state index contributed by atoms with van der Waals surface area (Å²) in [5.74, 6) is -3.74. The molecular formula is C19H12ClF2N5O5S. The first-order valence-electron chi connectivity index (χ1n) is 8.91. The lowest BCUT2D eigenvalue weighted by molar-refractivity contribution is 0.0693. The average molecular weight is 496 g/mol. The summed E-state index contributed by atoms with van der Waals surface area (Å²) in [6.07, 6.45) is 4.62. The number of anilines is 2. The molecule has 0 radical (unpaired) electrons. The number of pyridine rings is 1. The Morgan fingerprint density at radius 3 is 2.61 bits per heavy atom. The SMILES string of the molecule is COc1ncc(Cl)cc1N(c1ccc(F)c(-c2cn3cnc(C(=O)O)c3cn2)c1F)[SH](=O)=O. The fourth-order valence-electron chi connectivity index (χ4n) is 3.16. The summed E-state index contributed by atoms with van der Waals surface area (Å²) < 4.78 is 61.3. The molecule has 0 spiro atoms. The molecule has 0 fully saturated rings. The molecule has 10 nitrogen and oxygen atoms in total. The van der Waals surface area contributed by atoms with Crippen LogP contribution in [0.3, 0.4) is 0 Å². The number of carboxylic acid groups (broad SMARTS) is 1. The smallest absolute Gasteiger partial charge is 0.356 e. The predicted octanol–water partition coefficient (Wildman–Crippen LogP) is 3.09. The third-order valence-corrected chi connectivity index (χ3v) is 5.52. The minimum atomic E-state index is -3.50. The van der Waals surface area contributed by atoms with E-state index in [2.05, 4.69) is 15.0 Å². The van der Waals surface area contributed by atoms with Gasteiger partial charge >= 0.3 is 5.97 Å².